The zero-order valence-corrected chi connectivity index (χ0v) is 18.2. The lowest BCUT2D eigenvalue weighted by Crippen LogP contribution is -2.37. The minimum atomic E-state index is -4.22. The van der Waals surface area contributed by atoms with Crippen LogP contribution in [-0.4, -0.2) is 27.2 Å². The number of Topliss-reactive ketones (excluding diaryl/α,β-unsaturated/α-hetero) is 1. The van der Waals surface area contributed by atoms with Crippen molar-refractivity contribution in [3.05, 3.63) is 60.7 Å². The fourth-order valence-electron chi connectivity index (χ4n) is 4.12. The van der Waals surface area contributed by atoms with E-state index in [1.54, 1.807) is 36.4 Å². The summed E-state index contributed by atoms with van der Waals surface area (Å²) >= 11 is 0. The van der Waals surface area contributed by atoms with Crippen molar-refractivity contribution < 1.29 is 21.6 Å². The van der Waals surface area contributed by atoms with E-state index in [0.717, 1.165) is 0 Å². The van der Waals surface area contributed by atoms with Gasteiger partial charge in [-0.15, -0.1) is 0 Å². The number of hydrogen-bond acceptors (Lipinski definition) is 5. The highest BCUT2D eigenvalue weighted by atomic mass is 32.3. The van der Waals surface area contributed by atoms with Crippen LogP contribution in [0.4, 0.5) is 0 Å². The lowest BCUT2D eigenvalue weighted by Gasteiger charge is -2.31. The molecule has 0 saturated heterocycles. The molecule has 0 radical (unpaired) electrons. The van der Waals surface area contributed by atoms with Gasteiger partial charge in [0.1, 0.15) is 5.78 Å². The van der Waals surface area contributed by atoms with Crippen LogP contribution >= 0.6 is 0 Å². The van der Waals surface area contributed by atoms with Crippen LogP contribution in [0.5, 0.6) is 0 Å². The van der Waals surface area contributed by atoms with Crippen molar-refractivity contribution in [2.75, 3.05) is 0 Å². The average molecular weight is 435 g/mol. The minimum Gasteiger partial charge on any atom is -0.299 e. The SMILES string of the molecule is CCC1(C)CCC(=O)C1CC(S(=O)(=O)c1ccccc1)S(=O)(=O)c1ccccc1. The fraction of sp³-hybridized carbons (Fsp3) is 0.409. The number of sulfone groups is 2. The number of hydrogen-bond donors (Lipinski definition) is 0. The number of ketones is 1. The van der Waals surface area contributed by atoms with Gasteiger partial charge in [-0.3, -0.25) is 4.79 Å². The third-order valence-corrected chi connectivity index (χ3v) is 11.4. The molecule has 3 rings (SSSR count). The molecule has 2 aromatic rings. The van der Waals surface area contributed by atoms with Crippen molar-refractivity contribution in [1.29, 1.82) is 0 Å². The molecule has 0 bridgehead atoms. The molecule has 1 aliphatic rings. The van der Waals surface area contributed by atoms with E-state index in [1.807, 2.05) is 13.8 Å². The van der Waals surface area contributed by atoms with Crippen LogP contribution in [0.2, 0.25) is 0 Å². The quantitative estimate of drug-likeness (QED) is 0.656. The topological polar surface area (TPSA) is 85.3 Å². The summed E-state index contributed by atoms with van der Waals surface area (Å²) in [7, 11) is -8.43. The van der Waals surface area contributed by atoms with Crippen molar-refractivity contribution in [2.45, 2.75) is 53.9 Å². The Morgan fingerprint density at radius 2 is 1.34 bits per heavy atom. The molecule has 29 heavy (non-hydrogen) atoms. The monoisotopic (exact) mass is 434 g/mol. The first-order valence-electron chi connectivity index (χ1n) is 9.73. The molecule has 2 atom stereocenters. The van der Waals surface area contributed by atoms with Crippen LogP contribution in [0.1, 0.15) is 39.5 Å². The molecule has 2 aromatic carbocycles. The van der Waals surface area contributed by atoms with Crippen molar-refractivity contribution in [3.8, 4) is 0 Å². The lowest BCUT2D eigenvalue weighted by atomic mass is 9.76. The molecule has 5 nitrogen and oxygen atoms in total. The van der Waals surface area contributed by atoms with Gasteiger partial charge in [0.2, 0.25) is 0 Å². The van der Waals surface area contributed by atoms with Gasteiger partial charge in [0.05, 0.1) is 9.79 Å². The van der Waals surface area contributed by atoms with Gasteiger partial charge in [-0.2, -0.15) is 0 Å². The smallest absolute Gasteiger partial charge is 0.195 e. The molecule has 1 aliphatic carbocycles. The summed E-state index contributed by atoms with van der Waals surface area (Å²) in [5.74, 6) is -0.652. The molecule has 0 N–H and O–H groups in total. The first-order chi connectivity index (χ1) is 13.6. The summed E-state index contributed by atoms with van der Waals surface area (Å²) in [6.45, 7) is 3.90. The molecule has 0 aromatic heterocycles. The lowest BCUT2D eigenvalue weighted by molar-refractivity contribution is -0.122. The Bertz CT molecular complexity index is 1010. The molecular formula is C22H26O5S2. The van der Waals surface area contributed by atoms with E-state index in [4.69, 9.17) is 0 Å². The molecule has 7 heteroatoms. The maximum Gasteiger partial charge on any atom is 0.195 e. The molecular weight excluding hydrogens is 408 g/mol. The van der Waals surface area contributed by atoms with Crippen molar-refractivity contribution in [1.82, 2.24) is 0 Å². The number of rotatable bonds is 7. The molecule has 1 fully saturated rings. The highest BCUT2D eigenvalue weighted by Crippen LogP contribution is 2.47. The van der Waals surface area contributed by atoms with Crippen molar-refractivity contribution >= 4 is 25.5 Å². The predicted octanol–water partition coefficient (Wildman–Crippen LogP) is 4.05. The largest absolute Gasteiger partial charge is 0.299 e. The summed E-state index contributed by atoms with van der Waals surface area (Å²) < 4.78 is 52.1. The number of benzene rings is 2. The van der Waals surface area contributed by atoms with Gasteiger partial charge in [0, 0.05) is 12.3 Å². The highest BCUT2D eigenvalue weighted by Gasteiger charge is 2.49. The second-order valence-electron chi connectivity index (χ2n) is 7.91. The molecule has 156 valence electrons. The molecule has 2 unspecified atom stereocenters. The summed E-state index contributed by atoms with van der Waals surface area (Å²) in [6.07, 6.45) is 1.47. The van der Waals surface area contributed by atoms with E-state index in [2.05, 4.69) is 0 Å². The maximum atomic E-state index is 13.5. The van der Waals surface area contributed by atoms with Crippen LogP contribution in [0, 0.1) is 11.3 Å². The van der Waals surface area contributed by atoms with Gasteiger partial charge in [-0.05, 0) is 42.5 Å². The summed E-state index contributed by atoms with van der Waals surface area (Å²) in [5, 5.41) is 0. The second kappa shape index (κ2) is 8.03. The average Bonchev–Trinajstić information content (AvgIpc) is 3.01. The Hall–Kier alpha value is -1.99. The van der Waals surface area contributed by atoms with Crippen LogP contribution in [-0.2, 0) is 24.5 Å². The van der Waals surface area contributed by atoms with E-state index in [-0.39, 0.29) is 22.0 Å². The Kier molecular flexibility index (Phi) is 6.01. The number of carbonyl (C=O) groups is 1. The van der Waals surface area contributed by atoms with Crippen LogP contribution in [0.25, 0.3) is 0 Å². The first-order valence-corrected chi connectivity index (χ1v) is 12.8. The van der Waals surface area contributed by atoms with Gasteiger partial charge < -0.3 is 0 Å². The Morgan fingerprint density at radius 3 is 1.76 bits per heavy atom. The molecule has 0 aliphatic heterocycles. The zero-order chi connectivity index (χ0) is 21.3. The standard InChI is InChI=1S/C22H26O5S2/c1-3-22(2)15-14-20(23)19(22)16-21(28(24,25)17-10-6-4-7-11-17)29(26,27)18-12-8-5-9-13-18/h4-13,19,21H,3,14-16H2,1-2H3. The zero-order valence-electron chi connectivity index (χ0n) is 16.6. The second-order valence-corrected chi connectivity index (χ2v) is 12.5. The van der Waals surface area contributed by atoms with Crippen molar-refractivity contribution in [2.24, 2.45) is 11.3 Å². The van der Waals surface area contributed by atoms with E-state index < -0.39 is 35.6 Å². The Labute approximate surface area is 173 Å². The fourth-order valence-corrected chi connectivity index (χ4v) is 8.69. The summed E-state index contributed by atoms with van der Waals surface area (Å²) in [6, 6.07) is 15.2. The van der Waals surface area contributed by atoms with Gasteiger partial charge in [-0.25, -0.2) is 16.8 Å². The summed E-state index contributed by atoms with van der Waals surface area (Å²) in [5.41, 5.74) is -0.395. The van der Waals surface area contributed by atoms with Gasteiger partial charge in [0.15, 0.2) is 24.3 Å². The van der Waals surface area contributed by atoms with Gasteiger partial charge in [-0.1, -0.05) is 56.7 Å². The van der Waals surface area contributed by atoms with Crippen LogP contribution in [0.15, 0.2) is 70.5 Å². The third kappa shape index (κ3) is 4.03. The van der Waals surface area contributed by atoms with E-state index in [1.165, 1.54) is 24.3 Å². The van der Waals surface area contributed by atoms with Crippen molar-refractivity contribution in [3.63, 3.8) is 0 Å². The van der Waals surface area contributed by atoms with Gasteiger partial charge in [0.25, 0.3) is 0 Å². The van der Waals surface area contributed by atoms with Crippen LogP contribution in [0.3, 0.4) is 0 Å². The third-order valence-electron chi connectivity index (χ3n) is 6.24. The van der Waals surface area contributed by atoms with E-state index in [0.29, 0.717) is 19.3 Å². The maximum absolute atomic E-state index is 13.5. The molecule has 0 amide bonds. The van der Waals surface area contributed by atoms with Gasteiger partial charge >= 0.3 is 0 Å². The molecule has 0 heterocycles. The molecule has 0 spiro atoms. The van der Waals surface area contributed by atoms with E-state index in [9.17, 15) is 21.6 Å². The van der Waals surface area contributed by atoms with Crippen LogP contribution < -0.4 is 0 Å². The normalized spacial score (nSPS) is 22.9. The summed E-state index contributed by atoms with van der Waals surface area (Å²) in [4.78, 5) is 12.5. The highest BCUT2D eigenvalue weighted by molar-refractivity contribution is 8.09. The molecule has 1 saturated carbocycles. The first kappa shape index (κ1) is 21.7. The van der Waals surface area contributed by atoms with E-state index >= 15 is 0 Å². The minimum absolute atomic E-state index is 0.0480. The number of carbonyl (C=O) groups excluding carboxylic acids is 1. The predicted molar refractivity (Wildman–Crippen MR) is 112 cm³/mol. The Balaban J connectivity index is 2.14. The Morgan fingerprint density at radius 1 is 0.897 bits per heavy atom.